The molecule has 0 fully saturated rings. The number of rotatable bonds is 8. The van der Waals surface area contributed by atoms with Gasteiger partial charge in [0, 0.05) is 18.7 Å². The van der Waals surface area contributed by atoms with Gasteiger partial charge in [-0.25, -0.2) is 0 Å². The van der Waals surface area contributed by atoms with E-state index in [0.717, 1.165) is 32.4 Å². The third kappa shape index (κ3) is 6.06. The molecule has 1 aromatic rings. The van der Waals surface area contributed by atoms with E-state index in [9.17, 15) is 4.79 Å². The van der Waals surface area contributed by atoms with Crippen molar-refractivity contribution in [2.45, 2.75) is 26.2 Å². The van der Waals surface area contributed by atoms with Crippen LogP contribution in [0.5, 0.6) is 11.5 Å². The molecule has 2 N–H and O–H groups in total. The second-order valence-electron chi connectivity index (χ2n) is 5.57. The Balaban J connectivity index is 0.00000288. The molecule has 5 nitrogen and oxygen atoms in total. The van der Waals surface area contributed by atoms with Crippen LogP contribution in [0, 0.1) is 0 Å². The van der Waals surface area contributed by atoms with E-state index < -0.39 is 0 Å². The van der Waals surface area contributed by atoms with Gasteiger partial charge in [0.15, 0.2) is 11.5 Å². The second kappa shape index (κ2) is 10.9. The zero-order valence-corrected chi connectivity index (χ0v) is 15.2. The third-order valence-electron chi connectivity index (χ3n) is 3.82. The molecule has 0 aromatic heterocycles. The highest BCUT2D eigenvalue weighted by atomic mass is 35.5. The molecule has 0 aliphatic carbocycles. The highest BCUT2D eigenvalue weighted by Gasteiger charge is 2.12. The van der Waals surface area contributed by atoms with Gasteiger partial charge in [-0.1, -0.05) is 25.0 Å². The number of hydrogen-bond acceptors (Lipinski definition) is 4. The summed E-state index contributed by atoms with van der Waals surface area (Å²) in [6.45, 7) is 5.21. The van der Waals surface area contributed by atoms with Crippen LogP contribution < -0.4 is 20.1 Å². The summed E-state index contributed by atoms with van der Waals surface area (Å²) in [7, 11) is 1.59. The lowest BCUT2D eigenvalue weighted by molar-refractivity contribution is 0.0956. The molecule has 0 spiro atoms. The summed E-state index contributed by atoms with van der Waals surface area (Å²) in [6, 6.07) is 5.30. The predicted molar refractivity (Wildman–Crippen MR) is 98.5 cm³/mol. The van der Waals surface area contributed by atoms with Crippen LogP contribution in [0.1, 0.15) is 36.5 Å². The van der Waals surface area contributed by atoms with Gasteiger partial charge >= 0.3 is 0 Å². The van der Waals surface area contributed by atoms with Crippen molar-refractivity contribution in [1.29, 1.82) is 0 Å². The smallest absolute Gasteiger partial charge is 0.251 e. The molecule has 134 valence electrons. The number of benzene rings is 1. The second-order valence-corrected chi connectivity index (χ2v) is 5.57. The number of amides is 1. The fourth-order valence-corrected chi connectivity index (χ4v) is 2.38. The maximum absolute atomic E-state index is 12.3. The Morgan fingerprint density at radius 1 is 1.33 bits per heavy atom. The van der Waals surface area contributed by atoms with Crippen LogP contribution in [-0.4, -0.2) is 39.3 Å². The summed E-state index contributed by atoms with van der Waals surface area (Å²) >= 11 is 0. The van der Waals surface area contributed by atoms with Gasteiger partial charge in [0.05, 0.1) is 13.7 Å². The van der Waals surface area contributed by atoms with Crippen molar-refractivity contribution in [3.63, 3.8) is 0 Å². The molecule has 0 bridgehead atoms. The molecule has 1 aromatic carbocycles. The van der Waals surface area contributed by atoms with Crippen LogP contribution in [0.2, 0.25) is 0 Å². The minimum absolute atomic E-state index is 0. The van der Waals surface area contributed by atoms with Gasteiger partial charge in [-0.2, -0.15) is 0 Å². The monoisotopic (exact) mass is 354 g/mol. The number of nitrogens with one attached hydrogen (secondary N) is 2. The molecular formula is C18H27ClN2O3. The standard InChI is InChI=1S/C18H26N2O3.ClH/c1-3-4-11-23-16-6-5-15(12-17(16)22-2)18(21)20-13-14-7-9-19-10-8-14;/h5-7,12,19H,3-4,8-11,13H2,1-2H3,(H,20,21);1H. The molecule has 1 aliphatic heterocycles. The highest BCUT2D eigenvalue weighted by molar-refractivity contribution is 5.95. The summed E-state index contributed by atoms with van der Waals surface area (Å²) in [6.07, 6.45) is 5.19. The minimum Gasteiger partial charge on any atom is -0.493 e. The quantitative estimate of drug-likeness (QED) is 0.556. The molecule has 0 atom stereocenters. The molecule has 1 amide bonds. The Bertz CT molecular complexity index is 561. The molecule has 0 radical (unpaired) electrons. The fraction of sp³-hybridized carbons (Fsp3) is 0.500. The first-order chi connectivity index (χ1) is 11.2. The van der Waals surface area contributed by atoms with Crippen molar-refractivity contribution in [1.82, 2.24) is 10.6 Å². The van der Waals surface area contributed by atoms with Crippen molar-refractivity contribution in [3.8, 4) is 11.5 Å². The number of unbranched alkanes of at least 4 members (excludes halogenated alkanes) is 1. The SMILES string of the molecule is CCCCOc1ccc(C(=O)NCC2=CCNCC2)cc1OC.Cl. The summed E-state index contributed by atoms with van der Waals surface area (Å²) in [5, 5.41) is 6.22. The van der Waals surface area contributed by atoms with Gasteiger partial charge < -0.3 is 20.1 Å². The molecule has 0 saturated heterocycles. The number of halogens is 1. The predicted octanol–water partition coefficient (Wildman–Crippen LogP) is 2.95. The van der Waals surface area contributed by atoms with Gasteiger partial charge in [0.1, 0.15) is 0 Å². The van der Waals surface area contributed by atoms with E-state index in [-0.39, 0.29) is 18.3 Å². The van der Waals surface area contributed by atoms with Gasteiger partial charge in [-0.05, 0) is 37.6 Å². The average molecular weight is 355 g/mol. The summed E-state index contributed by atoms with van der Waals surface area (Å²) in [5.74, 6) is 1.18. The maximum Gasteiger partial charge on any atom is 0.251 e. The van der Waals surface area contributed by atoms with E-state index in [2.05, 4.69) is 23.6 Å². The van der Waals surface area contributed by atoms with E-state index in [4.69, 9.17) is 9.47 Å². The van der Waals surface area contributed by atoms with Crippen molar-refractivity contribution < 1.29 is 14.3 Å². The Hall–Kier alpha value is -1.72. The molecular weight excluding hydrogens is 328 g/mol. The van der Waals surface area contributed by atoms with Crippen LogP contribution >= 0.6 is 12.4 Å². The maximum atomic E-state index is 12.3. The number of hydrogen-bond donors (Lipinski definition) is 2. The Kier molecular flexibility index (Phi) is 9.27. The van der Waals surface area contributed by atoms with Crippen molar-refractivity contribution in [2.24, 2.45) is 0 Å². The van der Waals surface area contributed by atoms with Crippen LogP contribution in [0.3, 0.4) is 0 Å². The minimum atomic E-state index is -0.0946. The average Bonchev–Trinajstić information content (AvgIpc) is 2.61. The summed E-state index contributed by atoms with van der Waals surface area (Å²) in [4.78, 5) is 12.3. The summed E-state index contributed by atoms with van der Waals surface area (Å²) < 4.78 is 11.0. The first kappa shape index (κ1) is 20.3. The van der Waals surface area contributed by atoms with Gasteiger partial charge in [0.2, 0.25) is 0 Å². The molecule has 0 unspecified atom stereocenters. The fourth-order valence-electron chi connectivity index (χ4n) is 2.38. The molecule has 6 heteroatoms. The van der Waals surface area contributed by atoms with E-state index in [1.165, 1.54) is 5.57 Å². The van der Waals surface area contributed by atoms with Gasteiger partial charge in [0.25, 0.3) is 5.91 Å². The van der Waals surface area contributed by atoms with Crippen LogP contribution in [0.4, 0.5) is 0 Å². The number of methoxy groups -OCH3 is 1. The lowest BCUT2D eigenvalue weighted by Crippen LogP contribution is -2.29. The Morgan fingerprint density at radius 2 is 2.17 bits per heavy atom. The van der Waals surface area contributed by atoms with Crippen molar-refractivity contribution in [2.75, 3.05) is 33.4 Å². The first-order valence-electron chi connectivity index (χ1n) is 8.22. The number of carbonyl (C=O) groups is 1. The van der Waals surface area contributed by atoms with E-state index >= 15 is 0 Å². The van der Waals surface area contributed by atoms with E-state index in [1.807, 2.05) is 0 Å². The van der Waals surface area contributed by atoms with E-state index in [1.54, 1.807) is 25.3 Å². The van der Waals surface area contributed by atoms with Crippen molar-refractivity contribution >= 4 is 18.3 Å². The largest absolute Gasteiger partial charge is 0.493 e. The summed E-state index contributed by atoms with van der Waals surface area (Å²) in [5.41, 5.74) is 1.85. The van der Waals surface area contributed by atoms with Gasteiger partial charge in [-0.15, -0.1) is 12.4 Å². The Labute approximate surface area is 150 Å². The molecule has 24 heavy (non-hydrogen) atoms. The topological polar surface area (TPSA) is 59.6 Å². The van der Waals surface area contributed by atoms with Gasteiger partial charge in [-0.3, -0.25) is 4.79 Å². The molecule has 1 heterocycles. The lowest BCUT2D eigenvalue weighted by Gasteiger charge is -2.15. The number of ether oxygens (including phenoxy) is 2. The molecule has 2 rings (SSSR count). The normalized spacial score (nSPS) is 13.5. The zero-order valence-electron chi connectivity index (χ0n) is 14.4. The Morgan fingerprint density at radius 3 is 2.83 bits per heavy atom. The van der Waals surface area contributed by atoms with Crippen LogP contribution in [-0.2, 0) is 0 Å². The molecule has 1 aliphatic rings. The first-order valence-corrected chi connectivity index (χ1v) is 8.22. The van der Waals surface area contributed by atoms with E-state index in [0.29, 0.717) is 30.2 Å². The third-order valence-corrected chi connectivity index (χ3v) is 3.82. The highest BCUT2D eigenvalue weighted by Crippen LogP contribution is 2.28. The van der Waals surface area contributed by atoms with Crippen LogP contribution in [0.25, 0.3) is 0 Å². The lowest BCUT2D eigenvalue weighted by atomic mass is 10.1. The zero-order chi connectivity index (χ0) is 16.5. The molecule has 0 saturated carbocycles. The van der Waals surface area contributed by atoms with Crippen molar-refractivity contribution in [3.05, 3.63) is 35.4 Å². The van der Waals surface area contributed by atoms with Crippen LogP contribution in [0.15, 0.2) is 29.8 Å². The number of carbonyl (C=O) groups excluding carboxylic acids is 1.